The van der Waals surface area contributed by atoms with Gasteiger partial charge in [0, 0.05) is 16.7 Å². The molecule has 200 valence electrons. The second kappa shape index (κ2) is 7.79. The molecule has 5 aromatic carbocycles. The van der Waals surface area contributed by atoms with Crippen molar-refractivity contribution >= 4 is 27.7 Å². The lowest BCUT2D eigenvalue weighted by Gasteiger charge is -2.54. The van der Waals surface area contributed by atoms with Gasteiger partial charge in [-0.3, -0.25) is 0 Å². The molecule has 0 N–H and O–H groups in total. The van der Waals surface area contributed by atoms with Gasteiger partial charge in [-0.1, -0.05) is 119 Å². The van der Waals surface area contributed by atoms with Crippen LogP contribution in [0.3, 0.4) is 0 Å². The van der Waals surface area contributed by atoms with E-state index in [9.17, 15) is 0 Å². The molecule has 1 nitrogen and oxygen atoms in total. The fraction of sp³-hybridized carbons (Fsp3) is 0.250. The molecule has 0 fully saturated rings. The third-order valence-corrected chi connectivity index (χ3v) is 11.0. The zero-order valence-corrected chi connectivity index (χ0v) is 24.3. The van der Waals surface area contributed by atoms with Gasteiger partial charge in [0.15, 0.2) is 0 Å². The lowest BCUT2D eigenvalue weighted by atomic mass is 9.60. The summed E-state index contributed by atoms with van der Waals surface area (Å²) in [6.07, 6.45) is 5.00. The number of rotatable bonds is 2. The number of nitrogens with zero attached hydrogens (tertiary/aromatic N) is 1. The smallest absolute Gasteiger partial charge is 0.0632 e. The first-order valence-corrected chi connectivity index (χ1v) is 15.3. The Labute approximate surface area is 243 Å². The quantitative estimate of drug-likeness (QED) is 0.220. The largest absolute Gasteiger partial charge is 0.332 e. The predicted molar refractivity (Wildman–Crippen MR) is 173 cm³/mol. The highest BCUT2D eigenvalue weighted by Crippen LogP contribution is 2.66. The molecule has 0 radical (unpaired) electrons. The summed E-state index contributed by atoms with van der Waals surface area (Å²) in [6.45, 7) is 9.89. The van der Waals surface area contributed by atoms with E-state index in [4.69, 9.17) is 0 Å². The van der Waals surface area contributed by atoms with Gasteiger partial charge in [-0.05, 0) is 91.6 Å². The van der Waals surface area contributed by atoms with Crippen molar-refractivity contribution < 1.29 is 0 Å². The van der Waals surface area contributed by atoms with E-state index in [0.717, 1.165) is 0 Å². The van der Waals surface area contributed by atoms with Crippen LogP contribution < -0.4 is 4.90 Å². The maximum absolute atomic E-state index is 2.77. The van der Waals surface area contributed by atoms with Crippen molar-refractivity contribution in [2.24, 2.45) is 5.92 Å². The van der Waals surface area contributed by atoms with Crippen LogP contribution in [0.5, 0.6) is 0 Å². The fourth-order valence-corrected chi connectivity index (χ4v) is 8.90. The van der Waals surface area contributed by atoms with Gasteiger partial charge in [-0.15, -0.1) is 0 Å². The summed E-state index contributed by atoms with van der Waals surface area (Å²) in [5, 5.41) is 2.60. The van der Waals surface area contributed by atoms with Gasteiger partial charge in [0.05, 0.1) is 11.7 Å². The second-order valence-electron chi connectivity index (χ2n) is 13.7. The van der Waals surface area contributed by atoms with Crippen LogP contribution in [0.1, 0.15) is 62.8 Å². The summed E-state index contributed by atoms with van der Waals surface area (Å²) in [5.74, 6) is 0.621. The Morgan fingerprint density at radius 2 is 1.37 bits per heavy atom. The summed E-state index contributed by atoms with van der Waals surface area (Å²) in [5.41, 5.74) is 15.8. The van der Waals surface area contributed by atoms with Crippen molar-refractivity contribution in [1.29, 1.82) is 0 Å². The van der Waals surface area contributed by atoms with Crippen molar-refractivity contribution in [2.45, 2.75) is 57.4 Å². The fourth-order valence-electron chi connectivity index (χ4n) is 8.90. The number of fused-ring (bicyclic) bond motifs is 2. The number of benzene rings is 5. The van der Waals surface area contributed by atoms with Crippen LogP contribution in [0.25, 0.3) is 38.6 Å². The lowest BCUT2D eigenvalue weighted by Crippen LogP contribution is -2.52. The molecule has 0 bridgehead atoms. The Kier molecular flexibility index (Phi) is 4.48. The van der Waals surface area contributed by atoms with E-state index < -0.39 is 0 Å². The number of para-hydroxylation sites is 1. The monoisotopic (exact) mass is 529 g/mol. The van der Waals surface area contributed by atoms with Gasteiger partial charge in [0.25, 0.3) is 0 Å². The summed E-state index contributed by atoms with van der Waals surface area (Å²) < 4.78 is 0. The lowest BCUT2D eigenvalue weighted by molar-refractivity contribution is 0.259. The third kappa shape index (κ3) is 2.92. The van der Waals surface area contributed by atoms with Crippen LogP contribution in [-0.2, 0) is 10.8 Å². The van der Waals surface area contributed by atoms with Crippen molar-refractivity contribution in [3.8, 4) is 22.3 Å². The van der Waals surface area contributed by atoms with E-state index in [0.29, 0.717) is 12.0 Å². The standard InChI is InChI=1S/C40H35N/c1-39(2)32-15-8-14-30-31-22-27(24-18-20-26(21-19-24)29-13-7-11-25-10-5-6-12-28(25)29)23-35-37(31)41(36(30)32)38-33(39)16-9-17-34(38)40(35,3)4/h5-7,9-14,16-23,32,36H,8,15H2,1-4H3. The first-order chi connectivity index (χ1) is 19.9. The van der Waals surface area contributed by atoms with Crippen LogP contribution >= 0.6 is 0 Å². The number of hydrogen-bond donors (Lipinski definition) is 0. The minimum Gasteiger partial charge on any atom is -0.332 e. The molecule has 2 atom stereocenters. The van der Waals surface area contributed by atoms with E-state index in [-0.39, 0.29) is 10.8 Å². The summed E-state index contributed by atoms with van der Waals surface area (Å²) >= 11 is 0. The van der Waals surface area contributed by atoms with E-state index >= 15 is 0 Å². The van der Waals surface area contributed by atoms with Crippen molar-refractivity contribution in [1.82, 2.24) is 0 Å². The molecular formula is C40H35N. The number of anilines is 2. The maximum Gasteiger partial charge on any atom is 0.0632 e. The molecule has 4 aliphatic rings. The van der Waals surface area contributed by atoms with Gasteiger partial charge < -0.3 is 4.90 Å². The van der Waals surface area contributed by atoms with Gasteiger partial charge in [-0.2, -0.15) is 0 Å². The highest BCUT2D eigenvalue weighted by molar-refractivity contribution is 6.01. The average molecular weight is 530 g/mol. The molecule has 0 saturated heterocycles. The molecule has 9 rings (SSSR count). The van der Waals surface area contributed by atoms with Gasteiger partial charge >= 0.3 is 0 Å². The van der Waals surface area contributed by atoms with E-state index in [1.165, 1.54) is 79.5 Å². The molecule has 5 aromatic rings. The van der Waals surface area contributed by atoms with Gasteiger partial charge in [-0.25, -0.2) is 0 Å². The van der Waals surface area contributed by atoms with Crippen LogP contribution in [0, 0.1) is 5.92 Å². The van der Waals surface area contributed by atoms with E-state index in [1.807, 2.05) is 0 Å². The Bertz CT molecular complexity index is 1950. The van der Waals surface area contributed by atoms with Crippen LogP contribution in [0.15, 0.2) is 103 Å². The third-order valence-electron chi connectivity index (χ3n) is 11.0. The van der Waals surface area contributed by atoms with Crippen molar-refractivity contribution in [3.63, 3.8) is 0 Å². The summed E-state index contributed by atoms with van der Waals surface area (Å²) in [4.78, 5) is 2.77. The minimum atomic E-state index is -0.0677. The molecule has 1 aliphatic carbocycles. The zero-order chi connectivity index (χ0) is 27.7. The summed E-state index contributed by atoms with van der Waals surface area (Å²) in [7, 11) is 0. The minimum absolute atomic E-state index is 0.0677. The SMILES string of the molecule is CC1(C)c2cc(-c3ccc(-c4cccc5ccccc45)cc3)cc3c2N2c4c1cccc4C(C)(C)C1CCC=C3C12. The molecule has 2 unspecified atom stereocenters. The van der Waals surface area contributed by atoms with Crippen LogP contribution in [-0.4, -0.2) is 6.04 Å². The number of allylic oxidation sites excluding steroid dienone is 1. The van der Waals surface area contributed by atoms with Crippen molar-refractivity contribution in [3.05, 3.63) is 125 Å². The second-order valence-corrected chi connectivity index (χ2v) is 13.7. The highest BCUT2D eigenvalue weighted by Gasteiger charge is 2.56. The summed E-state index contributed by atoms with van der Waals surface area (Å²) in [6, 6.07) is 37.2. The molecule has 3 aliphatic heterocycles. The zero-order valence-electron chi connectivity index (χ0n) is 24.3. The van der Waals surface area contributed by atoms with Gasteiger partial charge in [0.2, 0.25) is 0 Å². The normalized spacial score (nSPS) is 22.0. The van der Waals surface area contributed by atoms with E-state index in [1.54, 1.807) is 5.57 Å². The Hall–Kier alpha value is -4.10. The molecule has 0 spiro atoms. The first kappa shape index (κ1) is 23.6. The molecule has 1 heteroatoms. The average Bonchev–Trinajstić information content (AvgIpc) is 3.33. The first-order valence-electron chi connectivity index (χ1n) is 15.3. The Morgan fingerprint density at radius 1 is 0.634 bits per heavy atom. The number of hydrogen-bond acceptors (Lipinski definition) is 1. The molecule has 3 heterocycles. The highest BCUT2D eigenvalue weighted by atomic mass is 15.2. The predicted octanol–water partition coefficient (Wildman–Crippen LogP) is 10.4. The molecule has 0 aromatic heterocycles. The maximum atomic E-state index is 2.77. The molecule has 0 saturated carbocycles. The molecule has 0 amide bonds. The Balaban J connectivity index is 1.24. The van der Waals surface area contributed by atoms with Crippen LogP contribution in [0.4, 0.5) is 11.4 Å². The molecular weight excluding hydrogens is 494 g/mol. The van der Waals surface area contributed by atoms with Gasteiger partial charge in [0.1, 0.15) is 0 Å². The van der Waals surface area contributed by atoms with Crippen LogP contribution in [0.2, 0.25) is 0 Å². The topological polar surface area (TPSA) is 3.24 Å². The van der Waals surface area contributed by atoms with Crippen molar-refractivity contribution in [2.75, 3.05) is 4.90 Å². The Morgan fingerprint density at radius 3 is 2.22 bits per heavy atom. The van der Waals surface area contributed by atoms with E-state index in [2.05, 4.69) is 136 Å². The molecule has 41 heavy (non-hydrogen) atoms.